The third-order valence-electron chi connectivity index (χ3n) is 3.71. The van der Waals surface area contributed by atoms with Gasteiger partial charge in [-0.1, -0.05) is 0 Å². The predicted octanol–water partition coefficient (Wildman–Crippen LogP) is 2.56. The number of H-pyrrole nitrogens is 1. The average molecular weight is 230 g/mol. The molecule has 0 radical (unpaired) electrons. The highest BCUT2D eigenvalue weighted by Crippen LogP contribution is 2.33. The van der Waals surface area contributed by atoms with Crippen LogP contribution in [0.1, 0.15) is 23.6 Å². The molecule has 90 valence electrons. The highest BCUT2D eigenvalue weighted by Gasteiger charge is 2.22. The summed E-state index contributed by atoms with van der Waals surface area (Å²) in [5.41, 5.74) is 3.96. The van der Waals surface area contributed by atoms with E-state index in [0.717, 1.165) is 18.8 Å². The Morgan fingerprint density at radius 2 is 2.24 bits per heavy atom. The number of aryl methyl sites for hydroxylation is 1. The van der Waals surface area contributed by atoms with E-state index in [1.807, 2.05) is 6.07 Å². The van der Waals surface area contributed by atoms with Crippen molar-refractivity contribution in [1.29, 1.82) is 0 Å². The summed E-state index contributed by atoms with van der Waals surface area (Å²) in [6, 6.07) is 6.29. The van der Waals surface area contributed by atoms with Crippen molar-refractivity contribution in [2.24, 2.45) is 0 Å². The lowest BCUT2D eigenvalue weighted by Gasteiger charge is -2.09. The number of rotatable bonds is 2. The second-order valence-corrected chi connectivity index (χ2v) is 4.76. The van der Waals surface area contributed by atoms with Gasteiger partial charge in [0.15, 0.2) is 0 Å². The van der Waals surface area contributed by atoms with Gasteiger partial charge in [-0.3, -0.25) is 0 Å². The maximum absolute atomic E-state index is 5.26. The van der Waals surface area contributed by atoms with Crippen molar-refractivity contribution in [2.75, 3.05) is 20.2 Å². The van der Waals surface area contributed by atoms with Gasteiger partial charge in [0, 0.05) is 29.2 Å². The Morgan fingerprint density at radius 1 is 1.35 bits per heavy atom. The first-order valence-corrected chi connectivity index (χ1v) is 6.16. The van der Waals surface area contributed by atoms with E-state index < -0.39 is 0 Å². The van der Waals surface area contributed by atoms with Gasteiger partial charge >= 0.3 is 0 Å². The number of aromatic nitrogens is 1. The van der Waals surface area contributed by atoms with Crippen LogP contribution in [0.3, 0.4) is 0 Å². The summed E-state index contributed by atoms with van der Waals surface area (Å²) in [4.78, 5) is 3.47. The van der Waals surface area contributed by atoms with Crippen molar-refractivity contribution < 1.29 is 4.74 Å². The molecule has 3 heteroatoms. The van der Waals surface area contributed by atoms with Crippen LogP contribution in [0.5, 0.6) is 5.75 Å². The molecule has 0 aliphatic carbocycles. The first-order chi connectivity index (χ1) is 8.29. The van der Waals surface area contributed by atoms with Gasteiger partial charge in [-0.15, -0.1) is 0 Å². The molecule has 1 atom stereocenters. The molecule has 2 aromatic rings. The van der Waals surface area contributed by atoms with Gasteiger partial charge in [0.25, 0.3) is 0 Å². The van der Waals surface area contributed by atoms with Crippen molar-refractivity contribution in [3.8, 4) is 5.75 Å². The number of ether oxygens (including phenoxy) is 1. The van der Waals surface area contributed by atoms with E-state index in [1.54, 1.807) is 7.11 Å². The summed E-state index contributed by atoms with van der Waals surface area (Å²) in [6.45, 7) is 4.40. The molecule has 3 nitrogen and oxygen atoms in total. The first-order valence-electron chi connectivity index (χ1n) is 6.16. The number of hydrogen-bond donors (Lipinski definition) is 2. The Kier molecular flexibility index (Phi) is 2.56. The molecule has 1 aliphatic rings. The van der Waals surface area contributed by atoms with Crippen molar-refractivity contribution in [2.45, 2.75) is 19.3 Å². The Hall–Kier alpha value is -1.48. The second-order valence-electron chi connectivity index (χ2n) is 4.76. The molecule has 0 saturated carbocycles. The highest BCUT2D eigenvalue weighted by molar-refractivity contribution is 5.86. The van der Waals surface area contributed by atoms with E-state index in [0.29, 0.717) is 5.92 Å². The van der Waals surface area contributed by atoms with E-state index >= 15 is 0 Å². The fraction of sp³-hybridized carbons (Fsp3) is 0.429. The topological polar surface area (TPSA) is 37.0 Å². The van der Waals surface area contributed by atoms with Gasteiger partial charge < -0.3 is 15.0 Å². The van der Waals surface area contributed by atoms with E-state index in [4.69, 9.17) is 4.74 Å². The molecule has 0 spiro atoms. The van der Waals surface area contributed by atoms with Crippen LogP contribution in [0, 0.1) is 6.92 Å². The van der Waals surface area contributed by atoms with Gasteiger partial charge in [0.05, 0.1) is 7.11 Å². The van der Waals surface area contributed by atoms with Gasteiger partial charge in [0.2, 0.25) is 0 Å². The van der Waals surface area contributed by atoms with Gasteiger partial charge in [-0.05, 0) is 43.5 Å². The van der Waals surface area contributed by atoms with Crippen molar-refractivity contribution in [3.63, 3.8) is 0 Å². The molecule has 0 bridgehead atoms. The Labute approximate surface area is 101 Å². The molecule has 2 N–H and O–H groups in total. The van der Waals surface area contributed by atoms with Crippen molar-refractivity contribution in [3.05, 3.63) is 29.5 Å². The third kappa shape index (κ3) is 1.71. The molecule has 1 unspecified atom stereocenters. The van der Waals surface area contributed by atoms with Crippen LogP contribution in [0.25, 0.3) is 10.9 Å². The number of hydrogen-bond acceptors (Lipinski definition) is 2. The maximum Gasteiger partial charge on any atom is 0.120 e. The molecular formula is C14H18N2O. The third-order valence-corrected chi connectivity index (χ3v) is 3.71. The summed E-state index contributed by atoms with van der Waals surface area (Å²) in [7, 11) is 1.71. The Morgan fingerprint density at radius 3 is 2.94 bits per heavy atom. The van der Waals surface area contributed by atoms with Crippen LogP contribution in [-0.2, 0) is 0 Å². The van der Waals surface area contributed by atoms with Crippen LogP contribution >= 0.6 is 0 Å². The molecule has 1 aromatic heterocycles. The zero-order valence-electron chi connectivity index (χ0n) is 10.3. The van der Waals surface area contributed by atoms with Gasteiger partial charge in [-0.2, -0.15) is 0 Å². The van der Waals surface area contributed by atoms with Crippen LogP contribution in [-0.4, -0.2) is 25.2 Å². The number of nitrogens with one attached hydrogen (secondary N) is 2. The zero-order chi connectivity index (χ0) is 11.8. The molecule has 3 rings (SSSR count). The molecule has 1 saturated heterocycles. The minimum atomic E-state index is 0.650. The number of methoxy groups -OCH3 is 1. The van der Waals surface area contributed by atoms with E-state index in [2.05, 4.69) is 29.4 Å². The minimum Gasteiger partial charge on any atom is -0.497 e. The Bertz CT molecular complexity index is 538. The smallest absolute Gasteiger partial charge is 0.120 e. The van der Waals surface area contributed by atoms with Gasteiger partial charge in [-0.25, -0.2) is 0 Å². The zero-order valence-corrected chi connectivity index (χ0v) is 10.3. The van der Waals surface area contributed by atoms with E-state index in [-0.39, 0.29) is 0 Å². The first kappa shape index (κ1) is 10.7. The van der Waals surface area contributed by atoms with E-state index in [1.165, 1.54) is 28.6 Å². The molecule has 2 heterocycles. The quantitative estimate of drug-likeness (QED) is 0.832. The van der Waals surface area contributed by atoms with Crippen molar-refractivity contribution in [1.82, 2.24) is 10.3 Å². The second kappa shape index (κ2) is 4.08. The largest absolute Gasteiger partial charge is 0.497 e. The van der Waals surface area contributed by atoms with Crippen molar-refractivity contribution >= 4 is 10.9 Å². The SMILES string of the molecule is COc1ccc2c(C3CCNC3)c(C)[nH]c2c1. The lowest BCUT2D eigenvalue weighted by Crippen LogP contribution is -2.08. The van der Waals surface area contributed by atoms with Crippen LogP contribution in [0.2, 0.25) is 0 Å². The number of benzene rings is 1. The lowest BCUT2D eigenvalue weighted by molar-refractivity contribution is 0.415. The average Bonchev–Trinajstić information content (AvgIpc) is 2.93. The molecule has 0 amide bonds. The molecule has 17 heavy (non-hydrogen) atoms. The number of aromatic amines is 1. The minimum absolute atomic E-state index is 0.650. The summed E-state index contributed by atoms with van der Waals surface area (Å²) in [5, 5.41) is 4.78. The van der Waals surface area contributed by atoms with Crippen LogP contribution in [0.15, 0.2) is 18.2 Å². The summed E-state index contributed by atoms with van der Waals surface area (Å²) >= 11 is 0. The predicted molar refractivity (Wildman–Crippen MR) is 69.8 cm³/mol. The molecular weight excluding hydrogens is 212 g/mol. The standard InChI is InChI=1S/C14H18N2O/c1-9-14(10-5-6-15-8-10)12-4-3-11(17-2)7-13(12)16-9/h3-4,7,10,15-16H,5-6,8H2,1-2H3. The van der Waals surface area contributed by atoms with Crippen LogP contribution < -0.4 is 10.1 Å². The summed E-state index contributed by atoms with van der Waals surface area (Å²) < 4.78 is 5.26. The molecule has 1 aromatic carbocycles. The van der Waals surface area contributed by atoms with E-state index in [9.17, 15) is 0 Å². The highest BCUT2D eigenvalue weighted by atomic mass is 16.5. The maximum atomic E-state index is 5.26. The summed E-state index contributed by atoms with van der Waals surface area (Å²) in [5.74, 6) is 1.56. The Balaban J connectivity index is 2.13. The fourth-order valence-electron chi connectivity index (χ4n) is 2.89. The molecule has 1 aliphatic heterocycles. The molecule has 1 fully saturated rings. The van der Waals surface area contributed by atoms with Gasteiger partial charge in [0.1, 0.15) is 5.75 Å². The van der Waals surface area contributed by atoms with Crippen LogP contribution in [0.4, 0.5) is 0 Å². The number of fused-ring (bicyclic) bond motifs is 1. The normalized spacial score (nSPS) is 20.0. The monoisotopic (exact) mass is 230 g/mol. The summed E-state index contributed by atoms with van der Waals surface area (Å²) in [6.07, 6.45) is 1.24. The fourth-order valence-corrected chi connectivity index (χ4v) is 2.89. The lowest BCUT2D eigenvalue weighted by atomic mass is 9.95.